The Morgan fingerprint density at radius 2 is 2.38 bits per heavy atom. The molecule has 0 bridgehead atoms. The second-order valence-corrected chi connectivity index (χ2v) is 3.80. The highest BCUT2D eigenvalue weighted by Crippen LogP contribution is 2.24. The van der Waals surface area contributed by atoms with Gasteiger partial charge in [-0.2, -0.15) is 0 Å². The van der Waals surface area contributed by atoms with Crippen LogP contribution in [0.15, 0.2) is 18.7 Å². The van der Waals surface area contributed by atoms with E-state index in [1.54, 1.807) is 0 Å². The van der Waals surface area contributed by atoms with Crippen molar-refractivity contribution in [3.63, 3.8) is 0 Å². The minimum absolute atomic E-state index is 0.961. The third kappa shape index (κ3) is 2.56. The van der Waals surface area contributed by atoms with Crippen LogP contribution in [0.1, 0.15) is 19.3 Å². The molecule has 1 aromatic heterocycles. The minimum atomic E-state index is 0.961. The summed E-state index contributed by atoms with van der Waals surface area (Å²) >= 11 is 0. The predicted octanol–water partition coefficient (Wildman–Crippen LogP) is 1.27. The summed E-state index contributed by atoms with van der Waals surface area (Å²) in [7, 11) is 0. The number of imidazole rings is 1. The topological polar surface area (TPSA) is 29.9 Å². The van der Waals surface area contributed by atoms with Crippen LogP contribution < -0.4 is 5.32 Å². The highest BCUT2D eigenvalue weighted by atomic mass is 15.0. The average molecular weight is 179 g/mol. The van der Waals surface area contributed by atoms with Crippen LogP contribution >= 0.6 is 0 Å². The van der Waals surface area contributed by atoms with E-state index < -0.39 is 0 Å². The van der Waals surface area contributed by atoms with Gasteiger partial charge in [0.05, 0.1) is 6.33 Å². The largest absolute Gasteiger partial charge is 0.336 e. The molecule has 0 spiro atoms. The predicted molar refractivity (Wildman–Crippen MR) is 52.4 cm³/mol. The van der Waals surface area contributed by atoms with Crippen molar-refractivity contribution < 1.29 is 0 Å². The normalized spacial score (nSPS) is 17.2. The number of nitrogens with one attached hydrogen (secondary N) is 1. The summed E-state index contributed by atoms with van der Waals surface area (Å²) in [4.78, 5) is 4.00. The molecule has 1 heterocycles. The first kappa shape index (κ1) is 8.75. The Labute approximate surface area is 79.2 Å². The second-order valence-electron chi connectivity index (χ2n) is 3.80. The van der Waals surface area contributed by atoms with Gasteiger partial charge in [0.25, 0.3) is 0 Å². The zero-order valence-corrected chi connectivity index (χ0v) is 7.95. The lowest BCUT2D eigenvalue weighted by Crippen LogP contribution is -2.29. The van der Waals surface area contributed by atoms with Gasteiger partial charge in [-0.1, -0.05) is 6.42 Å². The molecule has 0 atom stereocenters. The molecule has 0 saturated heterocycles. The van der Waals surface area contributed by atoms with Crippen molar-refractivity contribution in [2.75, 3.05) is 13.1 Å². The fourth-order valence-electron chi connectivity index (χ4n) is 1.63. The number of hydrogen-bond donors (Lipinski definition) is 1. The van der Waals surface area contributed by atoms with Crippen LogP contribution in [-0.4, -0.2) is 22.6 Å². The SMILES string of the molecule is c1cn(CCNCC2CCC2)cn1. The van der Waals surface area contributed by atoms with Gasteiger partial charge in [0.15, 0.2) is 0 Å². The van der Waals surface area contributed by atoms with Crippen LogP contribution in [0.5, 0.6) is 0 Å². The molecule has 1 saturated carbocycles. The number of rotatable bonds is 5. The second kappa shape index (κ2) is 4.42. The molecule has 1 N–H and O–H groups in total. The summed E-state index contributed by atoms with van der Waals surface area (Å²) in [5, 5.41) is 3.48. The molecule has 0 radical (unpaired) electrons. The van der Waals surface area contributed by atoms with Gasteiger partial charge in [0.2, 0.25) is 0 Å². The zero-order valence-electron chi connectivity index (χ0n) is 7.95. The number of nitrogens with zero attached hydrogens (tertiary/aromatic N) is 2. The third-order valence-corrected chi connectivity index (χ3v) is 2.76. The van der Waals surface area contributed by atoms with Gasteiger partial charge in [-0.25, -0.2) is 4.98 Å². The maximum Gasteiger partial charge on any atom is 0.0946 e. The summed E-state index contributed by atoms with van der Waals surface area (Å²) in [6, 6.07) is 0. The maximum absolute atomic E-state index is 4.00. The Hall–Kier alpha value is -0.830. The quantitative estimate of drug-likeness (QED) is 0.690. The van der Waals surface area contributed by atoms with Crippen molar-refractivity contribution in [2.45, 2.75) is 25.8 Å². The van der Waals surface area contributed by atoms with E-state index in [2.05, 4.69) is 14.9 Å². The van der Waals surface area contributed by atoms with Crippen LogP contribution in [0.2, 0.25) is 0 Å². The number of aromatic nitrogens is 2. The van der Waals surface area contributed by atoms with E-state index in [1.165, 1.54) is 25.8 Å². The van der Waals surface area contributed by atoms with E-state index in [1.807, 2.05) is 18.7 Å². The van der Waals surface area contributed by atoms with Crippen LogP contribution in [0.4, 0.5) is 0 Å². The molecule has 1 aliphatic carbocycles. The third-order valence-electron chi connectivity index (χ3n) is 2.76. The molecular weight excluding hydrogens is 162 g/mol. The standard InChI is InChI=1S/C10H17N3/c1-2-10(3-1)8-11-4-6-13-7-5-12-9-13/h5,7,9-11H,1-4,6,8H2. The van der Waals surface area contributed by atoms with E-state index in [-0.39, 0.29) is 0 Å². The van der Waals surface area contributed by atoms with Crippen LogP contribution in [0.25, 0.3) is 0 Å². The minimum Gasteiger partial charge on any atom is -0.336 e. The van der Waals surface area contributed by atoms with Gasteiger partial charge in [0, 0.05) is 25.5 Å². The number of hydrogen-bond acceptors (Lipinski definition) is 2. The first-order valence-corrected chi connectivity index (χ1v) is 5.11. The van der Waals surface area contributed by atoms with Crippen molar-refractivity contribution in [1.82, 2.24) is 14.9 Å². The van der Waals surface area contributed by atoms with E-state index >= 15 is 0 Å². The average Bonchev–Trinajstić information content (AvgIpc) is 2.53. The fraction of sp³-hybridized carbons (Fsp3) is 0.700. The molecular formula is C10H17N3. The van der Waals surface area contributed by atoms with Gasteiger partial charge >= 0.3 is 0 Å². The van der Waals surface area contributed by atoms with Crippen LogP contribution in [0, 0.1) is 5.92 Å². The van der Waals surface area contributed by atoms with Crippen molar-refractivity contribution in [3.8, 4) is 0 Å². The van der Waals surface area contributed by atoms with Crippen LogP contribution in [0.3, 0.4) is 0 Å². The van der Waals surface area contributed by atoms with Gasteiger partial charge in [0.1, 0.15) is 0 Å². The lowest BCUT2D eigenvalue weighted by Gasteiger charge is -2.25. The Balaban J connectivity index is 1.53. The van der Waals surface area contributed by atoms with E-state index in [0.29, 0.717) is 0 Å². The Kier molecular flexibility index (Phi) is 2.98. The molecule has 13 heavy (non-hydrogen) atoms. The van der Waals surface area contributed by atoms with Crippen molar-refractivity contribution in [2.24, 2.45) is 5.92 Å². The Morgan fingerprint density at radius 3 is 3.00 bits per heavy atom. The first-order chi connectivity index (χ1) is 6.45. The summed E-state index contributed by atoms with van der Waals surface area (Å²) in [6.45, 7) is 3.30. The molecule has 2 rings (SSSR count). The summed E-state index contributed by atoms with van der Waals surface area (Å²) < 4.78 is 2.10. The fourth-order valence-corrected chi connectivity index (χ4v) is 1.63. The van der Waals surface area contributed by atoms with Crippen molar-refractivity contribution >= 4 is 0 Å². The van der Waals surface area contributed by atoms with E-state index in [9.17, 15) is 0 Å². The van der Waals surface area contributed by atoms with E-state index in [4.69, 9.17) is 0 Å². The molecule has 0 amide bonds. The van der Waals surface area contributed by atoms with E-state index in [0.717, 1.165) is 19.0 Å². The molecule has 1 aromatic rings. The smallest absolute Gasteiger partial charge is 0.0946 e. The highest BCUT2D eigenvalue weighted by Gasteiger charge is 2.15. The highest BCUT2D eigenvalue weighted by molar-refractivity contribution is 4.75. The zero-order chi connectivity index (χ0) is 8.93. The van der Waals surface area contributed by atoms with Gasteiger partial charge in [-0.05, 0) is 25.3 Å². The summed E-state index contributed by atoms with van der Waals surface area (Å²) in [5.74, 6) is 0.961. The molecule has 1 aliphatic rings. The molecule has 3 heteroatoms. The Morgan fingerprint density at radius 1 is 1.46 bits per heavy atom. The lowest BCUT2D eigenvalue weighted by atomic mass is 9.85. The van der Waals surface area contributed by atoms with Crippen LogP contribution in [-0.2, 0) is 6.54 Å². The van der Waals surface area contributed by atoms with Crippen molar-refractivity contribution in [3.05, 3.63) is 18.7 Å². The summed E-state index contributed by atoms with van der Waals surface area (Å²) in [5.41, 5.74) is 0. The first-order valence-electron chi connectivity index (χ1n) is 5.11. The lowest BCUT2D eigenvalue weighted by molar-refractivity contribution is 0.300. The monoisotopic (exact) mass is 179 g/mol. The van der Waals surface area contributed by atoms with Gasteiger partial charge in [-0.3, -0.25) is 0 Å². The molecule has 0 aliphatic heterocycles. The molecule has 0 aromatic carbocycles. The summed E-state index contributed by atoms with van der Waals surface area (Å²) in [6.07, 6.45) is 9.99. The molecule has 3 nitrogen and oxygen atoms in total. The maximum atomic E-state index is 4.00. The van der Waals surface area contributed by atoms with Gasteiger partial charge in [-0.15, -0.1) is 0 Å². The molecule has 72 valence electrons. The molecule has 0 unspecified atom stereocenters. The molecule has 1 fully saturated rings. The van der Waals surface area contributed by atoms with Gasteiger partial charge < -0.3 is 9.88 Å². The van der Waals surface area contributed by atoms with Crippen molar-refractivity contribution in [1.29, 1.82) is 0 Å². The Bertz CT molecular complexity index is 226.